The summed E-state index contributed by atoms with van der Waals surface area (Å²) < 4.78 is 16.7. The molecule has 1 amide bonds. The Labute approximate surface area is 198 Å². The van der Waals surface area contributed by atoms with Crippen molar-refractivity contribution in [3.63, 3.8) is 0 Å². The molecule has 0 radical (unpaired) electrons. The van der Waals surface area contributed by atoms with Crippen LogP contribution in [0.5, 0.6) is 5.75 Å². The van der Waals surface area contributed by atoms with Gasteiger partial charge in [0.2, 0.25) is 5.89 Å². The van der Waals surface area contributed by atoms with Crippen LogP contribution in [0.4, 0.5) is 5.69 Å². The highest BCUT2D eigenvalue weighted by atomic mass is 35.5. The third kappa shape index (κ3) is 4.31. The number of fused-ring (bicyclic) bond motifs is 1. The van der Waals surface area contributed by atoms with Crippen LogP contribution < -0.4 is 10.1 Å². The molecule has 5 aromatic rings. The molecule has 33 heavy (non-hydrogen) atoms. The highest BCUT2D eigenvalue weighted by Crippen LogP contribution is 2.32. The molecule has 2 aromatic heterocycles. The van der Waals surface area contributed by atoms with Crippen molar-refractivity contribution in [3.05, 3.63) is 88.6 Å². The number of nitrogens with one attached hydrogen (secondary N) is 1. The van der Waals surface area contributed by atoms with E-state index in [2.05, 4.69) is 10.3 Å². The van der Waals surface area contributed by atoms with Crippen LogP contribution in [0.1, 0.15) is 10.6 Å². The minimum atomic E-state index is -0.388. The average Bonchev–Trinajstić information content (AvgIpc) is 3.48. The number of halogens is 2. The predicted octanol–water partition coefficient (Wildman–Crippen LogP) is 7.32. The number of furan rings is 1. The van der Waals surface area contributed by atoms with Gasteiger partial charge in [-0.1, -0.05) is 23.2 Å². The van der Waals surface area contributed by atoms with E-state index in [1.807, 2.05) is 30.3 Å². The van der Waals surface area contributed by atoms with E-state index in [1.54, 1.807) is 49.6 Å². The second-order valence-electron chi connectivity index (χ2n) is 7.17. The summed E-state index contributed by atoms with van der Waals surface area (Å²) in [4.78, 5) is 17.1. The molecule has 5 rings (SSSR count). The van der Waals surface area contributed by atoms with Gasteiger partial charge in [0.1, 0.15) is 17.0 Å². The minimum absolute atomic E-state index is 0.151. The van der Waals surface area contributed by atoms with Crippen LogP contribution in [-0.4, -0.2) is 18.0 Å². The molecular weight excluding hydrogens is 463 g/mol. The van der Waals surface area contributed by atoms with E-state index in [4.69, 9.17) is 36.8 Å². The van der Waals surface area contributed by atoms with Gasteiger partial charge < -0.3 is 18.9 Å². The highest BCUT2D eigenvalue weighted by Gasteiger charge is 2.15. The molecule has 0 unspecified atom stereocenters. The van der Waals surface area contributed by atoms with Crippen molar-refractivity contribution in [2.45, 2.75) is 0 Å². The molecule has 1 N–H and O–H groups in total. The Morgan fingerprint density at radius 3 is 2.55 bits per heavy atom. The zero-order chi connectivity index (χ0) is 22.9. The van der Waals surface area contributed by atoms with Gasteiger partial charge in [0.25, 0.3) is 5.91 Å². The lowest BCUT2D eigenvalue weighted by atomic mass is 10.2. The Morgan fingerprint density at radius 1 is 0.939 bits per heavy atom. The number of amides is 1. The molecule has 3 aromatic carbocycles. The number of nitrogens with zero attached hydrogens (tertiary/aromatic N) is 1. The lowest BCUT2D eigenvalue weighted by molar-refractivity contribution is 0.0997. The molecule has 8 heteroatoms. The van der Waals surface area contributed by atoms with Crippen molar-refractivity contribution < 1.29 is 18.4 Å². The summed E-state index contributed by atoms with van der Waals surface area (Å²) in [5.41, 5.74) is 3.36. The van der Waals surface area contributed by atoms with E-state index in [0.29, 0.717) is 49.8 Å². The van der Waals surface area contributed by atoms with Crippen molar-refractivity contribution in [1.29, 1.82) is 0 Å². The molecule has 0 spiro atoms. The molecule has 0 aliphatic carbocycles. The third-order valence-electron chi connectivity index (χ3n) is 5.01. The maximum atomic E-state index is 12.6. The van der Waals surface area contributed by atoms with E-state index in [9.17, 15) is 4.79 Å². The molecule has 0 bridgehead atoms. The van der Waals surface area contributed by atoms with Crippen molar-refractivity contribution in [2.24, 2.45) is 0 Å². The fourth-order valence-electron chi connectivity index (χ4n) is 3.34. The third-order valence-corrected chi connectivity index (χ3v) is 5.57. The van der Waals surface area contributed by atoms with Gasteiger partial charge in [-0.2, -0.15) is 0 Å². The number of ether oxygens (including phenoxy) is 1. The number of rotatable bonds is 5. The van der Waals surface area contributed by atoms with E-state index in [-0.39, 0.29) is 11.7 Å². The lowest BCUT2D eigenvalue weighted by Gasteiger charge is -2.04. The molecule has 0 aliphatic rings. The fourth-order valence-corrected chi connectivity index (χ4v) is 3.72. The molecule has 0 fully saturated rings. The first kappa shape index (κ1) is 21.1. The van der Waals surface area contributed by atoms with Crippen LogP contribution in [0.2, 0.25) is 10.0 Å². The number of carbonyl (C=O) groups is 1. The molecule has 0 aliphatic heterocycles. The summed E-state index contributed by atoms with van der Waals surface area (Å²) in [6, 6.07) is 20.9. The number of carbonyl (C=O) groups excluding carboxylic acids is 1. The van der Waals surface area contributed by atoms with Gasteiger partial charge in [0.15, 0.2) is 11.3 Å². The van der Waals surface area contributed by atoms with Crippen LogP contribution in [0.15, 0.2) is 81.6 Å². The van der Waals surface area contributed by atoms with Crippen LogP contribution in [0.25, 0.3) is 33.9 Å². The van der Waals surface area contributed by atoms with Gasteiger partial charge in [-0.3, -0.25) is 4.79 Å². The van der Waals surface area contributed by atoms with E-state index in [0.717, 1.165) is 5.56 Å². The minimum Gasteiger partial charge on any atom is -0.497 e. The first-order chi connectivity index (χ1) is 16.0. The van der Waals surface area contributed by atoms with Crippen LogP contribution in [0.3, 0.4) is 0 Å². The molecule has 6 nitrogen and oxygen atoms in total. The fraction of sp³-hybridized carbons (Fsp3) is 0.0400. The zero-order valence-electron chi connectivity index (χ0n) is 17.3. The van der Waals surface area contributed by atoms with Gasteiger partial charge in [0.05, 0.1) is 12.1 Å². The number of aromatic nitrogens is 1. The monoisotopic (exact) mass is 478 g/mol. The normalized spacial score (nSPS) is 11.0. The summed E-state index contributed by atoms with van der Waals surface area (Å²) in [6.45, 7) is 0. The van der Waals surface area contributed by atoms with Crippen molar-refractivity contribution in [3.8, 4) is 28.5 Å². The summed E-state index contributed by atoms with van der Waals surface area (Å²) >= 11 is 12.3. The van der Waals surface area contributed by atoms with Gasteiger partial charge in [-0.15, -0.1) is 0 Å². The average molecular weight is 479 g/mol. The molecule has 2 heterocycles. The largest absolute Gasteiger partial charge is 0.497 e. The second kappa shape index (κ2) is 8.65. The summed E-state index contributed by atoms with van der Waals surface area (Å²) in [5.74, 6) is 1.40. The number of oxazole rings is 1. The number of methoxy groups -OCH3 is 1. The van der Waals surface area contributed by atoms with Crippen LogP contribution in [0, 0.1) is 0 Å². The summed E-state index contributed by atoms with van der Waals surface area (Å²) in [6.07, 6.45) is 0. The molecule has 164 valence electrons. The van der Waals surface area contributed by atoms with Gasteiger partial charge in [-0.25, -0.2) is 4.98 Å². The SMILES string of the molecule is COc1ccc2oc(-c3ccc(NC(=O)c4ccc(-c5cc(Cl)ccc5Cl)o4)cc3)nc2c1. The van der Waals surface area contributed by atoms with Crippen LogP contribution in [-0.2, 0) is 0 Å². The quantitative estimate of drug-likeness (QED) is 0.286. The first-order valence-corrected chi connectivity index (χ1v) is 10.7. The first-order valence-electron chi connectivity index (χ1n) is 9.92. The van der Waals surface area contributed by atoms with Gasteiger partial charge in [0, 0.05) is 27.9 Å². The number of hydrogen-bond acceptors (Lipinski definition) is 5. The maximum absolute atomic E-state index is 12.6. The Hall–Kier alpha value is -3.74. The number of benzene rings is 3. The number of hydrogen-bond donors (Lipinski definition) is 1. The topological polar surface area (TPSA) is 77.5 Å². The highest BCUT2D eigenvalue weighted by molar-refractivity contribution is 6.35. The zero-order valence-corrected chi connectivity index (χ0v) is 18.8. The van der Waals surface area contributed by atoms with E-state index >= 15 is 0 Å². The molecular formula is C25H16Cl2N2O4. The molecule has 0 saturated heterocycles. The van der Waals surface area contributed by atoms with Crippen molar-refractivity contribution >= 4 is 45.9 Å². The smallest absolute Gasteiger partial charge is 0.291 e. The van der Waals surface area contributed by atoms with Gasteiger partial charge in [-0.05, 0) is 66.7 Å². The Morgan fingerprint density at radius 2 is 1.76 bits per heavy atom. The Bertz CT molecular complexity index is 1470. The van der Waals surface area contributed by atoms with Crippen LogP contribution >= 0.6 is 23.2 Å². The molecule has 0 atom stereocenters. The lowest BCUT2D eigenvalue weighted by Crippen LogP contribution is -2.10. The van der Waals surface area contributed by atoms with Crippen molar-refractivity contribution in [2.75, 3.05) is 12.4 Å². The Balaban J connectivity index is 1.32. The second-order valence-corrected chi connectivity index (χ2v) is 8.02. The van der Waals surface area contributed by atoms with E-state index < -0.39 is 0 Å². The molecule has 0 saturated carbocycles. The number of anilines is 1. The van der Waals surface area contributed by atoms with E-state index in [1.165, 1.54) is 0 Å². The summed E-state index contributed by atoms with van der Waals surface area (Å²) in [5, 5.41) is 3.81. The van der Waals surface area contributed by atoms with Crippen molar-refractivity contribution in [1.82, 2.24) is 4.98 Å². The maximum Gasteiger partial charge on any atom is 0.291 e. The summed E-state index contributed by atoms with van der Waals surface area (Å²) in [7, 11) is 1.60. The standard InChI is InChI=1S/C25H16Cl2N2O4/c1-31-17-7-9-22-20(13-17)29-25(33-22)14-2-5-16(6-3-14)28-24(30)23-11-10-21(32-23)18-12-15(26)4-8-19(18)27/h2-13H,1H3,(H,28,30). The predicted molar refractivity (Wildman–Crippen MR) is 128 cm³/mol. The Kier molecular flexibility index (Phi) is 5.54. The van der Waals surface area contributed by atoms with Gasteiger partial charge >= 0.3 is 0 Å².